The van der Waals surface area contributed by atoms with E-state index in [1.165, 1.54) is 6.42 Å². The van der Waals surface area contributed by atoms with Crippen LogP contribution in [0.3, 0.4) is 0 Å². The number of likely N-dealkylation sites (tertiary alicyclic amines) is 2. The molecule has 4 heteroatoms. The van der Waals surface area contributed by atoms with Crippen molar-refractivity contribution in [2.45, 2.75) is 31.7 Å². The van der Waals surface area contributed by atoms with Gasteiger partial charge in [-0.3, -0.25) is 0 Å². The fourth-order valence-electron chi connectivity index (χ4n) is 2.25. The minimum atomic E-state index is 0.198. The van der Waals surface area contributed by atoms with E-state index in [-0.39, 0.29) is 12.1 Å². The number of nitrogens with two attached hydrogens (primary N) is 1. The lowest BCUT2D eigenvalue weighted by Crippen LogP contribution is -2.45. The van der Waals surface area contributed by atoms with Crippen molar-refractivity contribution in [3.63, 3.8) is 0 Å². The SMILES string of the molecule is NC1CCN(C(=O)N2CCCCC2)C1. The quantitative estimate of drug-likeness (QED) is 0.619. The lowest BCUT2D eigenvalue weighted by Gasteiger charge is -2.30. The zero-order valence-electron chi connectivity index (χ0n) is 8.61. The molecule has 1 unspecified atom stereocenters. The zero-order valence-corrected chi connectivity index (χ0v) is 8.61. The largest absolute Gasteiger partial charge is 0.326 e. The van der Waals surface area contributed by atoms with Crippen LogP contribution in [0, 0.1) is 0 Å². The number of hydrogen-bond donors (Lipinski definition) is 1. The molecule has 2 amide bonds. The molecule has 0 bridgehead atoms. The van der Waals surface area contributed by atoms with Crippen molar-refractivity contribution < 1.29 is 4.79 Å². The number of urea groups is 1. The van der Waals surface area contributed by atoms with E-state index >= 15 is 0 Å². The van der Waals surface area contributed by atoms with Gasteiger partial charge in [0.05, 0.1) is 0 Å². The fraction of sp³-hybridized carbons (Fsp3) is 0.900. The zero-order chi connectivity index (χ0) is 9.97. The molecule has 14 heavy (non-hydrogen) atoms. The smallest absolute Gasteiger partial charge is 0.320 e. The Kier molecular flexibility index (Phi) is 2.91. The van der Waals surface area contributed by atoms with Crippen LogP contribution in [-0.4, -0.2) is 48.1 Å². The molecule has 0 aromatic carbocycles. The van der Waals surface area contributed by atoms with E-state index in [0.29, 0.717) is 0 Å². The molecule has 2 saturated heterocycles. The van der Waals surface area contributed by atoms with Gasteiger partial charge in [0.25, 0.3) is 0 Å². The minimum absolute atomic E-state index is 0.198. The van der Waals surface area contributed by atoms with E-state index in [2.05, 4.69) is 0 Å². The maximum absolute atomic E-state index is 11.9. The van der Waals surface area contributed by atoms with Crippen LogP contribution in [0.5, 0.6) is 0 Å². The van der Waals surface area contributed by atoms with Crippen LogP contribution in [0.4, 0.5) is 4.79 Å². The minimum Gasteiger partial charge on any atom is -0.326 e. The van der Waals surface area contributed by atoms with E-state index in [9.17, 15) is 4.79 Å². The molecule has 2 aliphatic rings. The molecule has 0 aliphatic carbocycles. The number of piperidine rings is 1. The van der Waals surface area contributed by atoms with E-state index < -0.39 is 0 Å². The Balaban J connectivity index is 1.87. The van der Waals surface area contributed by atoms with Crippen LogP contribution in [0.25, 0.3) is 0 Å². The van der Waals surface area contributed by atoms with Gasteiger partial charge in [0, 0.05) is 32.2 Å². The number of amides is 2. The van der Waals surface area contributed by atoms with Gasteiger partial charge in [-0.15, -0.1) is 0 Å². The topological polar surface area (TPSA) is 49.6 Å². The molecule has 0 spiro atoms. The molecular formula is C10H19N3O. The number of rotatable bonds is 0. The average Bonchev–Trinajstić information content (AvgIpc) is 2.65. The Labute approximate surface area is 85.0 Å². The molecular weight excluding hydrogens is 178 g/mol. The highest BCUT2D eigenvalue weighted by molar-refractivity contribution is 5.74. The Hall–Kier alpha value is -0.770. The number of carbonyl (C=O) groups is 1. The van der Waals surface area contributed by atoms with E-state index in [4.69, 9.17) is 5.73 Å². The average molecular weight is 197 g/mol. The maximum Gasteiger partial charge on any atom is 0.320 e. The molecule has 0 saturated carbocycles. The van der Waals surface area contributed by atoms with Crippen LogP contribution >= 0.6 is 0 Å². The summed E-state index contributed by atoms with van der Waals surface area (Å²) in [6, 6.07) is 0.404. The molecule has 0 radical (unpaired) electrons. The monoisotopic (exact) mass is 197 g/mol. The third-order valence-electron chi connectivity index (χ3n) is 3.12. The molecule has 2 heterocycles. The molecule has 0 aromatic rings. The van der Waals surface area contributed by atoms with Crippen molar-refractivity contribution in [1.29, 1.82) is 0 Å². The molecule has 2 rings (SSSR count). The maximum atomic E-state index is 11.9. The highest BCUT2D eigenvalue weighted by Gasteiger charge is 2.27. The van der Waals surface area contributed by atoms with E-state index in [1.807, 2.05) is 9.80 Å². The Morgan fingerprint density at radius 2 is 1.79 bits per heavy atom. The number of hydrogen-bond acceptors (Lipinski definition) is 2. The number of nitrogens with zero attached hydrogens (tertiary/aromatic N) is 2. The second kappa shape index (κ2) is 4.17. The van der Waals surface area contributed by atoms with Crippen molar-refractivity contribution in [3.05, 3.63) is 0 Å². The summed E-state index contributed by atoms with van der Waals surface area (Å²) in [4.78, 5) is 15.8. The van der Waals surface area contributed by atoms with Crippen molar-refractivity contribution >= 4 is 6.03 Å². The first-order valence-electron chi connectivity index (χ1n) is 5.57. The van der Waals surface area contributed by atoms with E-state index in [1.54, 1.807) is 0 Å². The normalized spacial score (nSPS) is 28.2. The Morgan fingerprint density at radius 3 is 2.36 bits per heavy atom. The third kappa shape index (κ3) is 2.00. The standard InChI is InChI=1S/C10H19N3O/c11-9-4-7-13(8-9)10(14)12-5-2-1-3-6-12/h9H,1-8,11H2. The third-order valence-corrected chi connectivity index (χ3v) is 3.12. The Morgan fingerprint density at radius 1 is 1.07 bits per heavy atom. The molecule has 2 N–H and O–H groups in total. The second-order valence-corrected chi connectivity index (χ2v) is 4.33. The predicted octanol–water partition coefficient (Wildman–Crippen LogP) is 0.625. The van der Waals surface area contributed by atoms with Crippen molar-refractivity contribution in [3.8, 4) is 0 Å². The van der Waals surface area contributed by atoms with Crippen molar-refractivity contribution in [2.24, 2.45) is 5.73 Å². The van der Waals surface area contributed by atoms with E-state index in [0.717, 1.165) is 45.4 Å². The van der Waals surface area contributed by atoms with Crippen LogP contribution in [-0.2, 0) is 0 Å². The molecule has 1 atom stereocenters. The second-order valence-electron chi connectivity index (χ2n) is 4.33. The van der Waals surface area contributed by atoms with Gasteiger partial charge in [-0.2, -0.15) is 0 Å². The van der Waals surface area contributed by atoms with Crippen LogP contribution < -0.4 is 5.73 Å². The van der Waals surface area contributed by atoms with Gasteiger partial charge in [-0.25, -0.2) is 4.79 Å². The molecule has 0 aromatic heterocycles. The summed E-state index contributed by atoms with van der Waals surface area (Å²) in [6.07, 6.45) is 4.54. The van der Waals surface area contributed by atoms with Crippen LogP contribution in [0.15, 0.2) is 0 Å². The first-order valence-corrected chi connectivity index (χ1v) is 5.57. The van der Waals surface area contributed by atoms with Gasteiger partial charge in [0.15, 0.2) is 0 Å². The van der Waals surface area contributed by atoms with Gasteiger partial charge in [0.2, 0.25) is 0 Å². The van der Waals surface area contributed by atoms with Gasteiger partial charge in [-0.05, 0) is 25.7 Å². The van der Waals surface area contributed by atoms with Crippen molar-refractivity contribution in [1.82, 2.24) is 9.80 Å². The Bertz CT molecular complexity index is 207. The number of carbonyl (C=O) groups excluding carboxylic acids is 1. The molecule has 80 valence electrons. The van der Waals surface area contributed by atoms with Gasteiger partial charge < -0.3 is 15.5 Å². The predicted molar refractivity (Wildman–Crippen MR) is 55.0 cm³/mol. The summed E-state index contributed by atoms with van der Waals surface area (Å²) in [5.74, 6) is 0. The summed E-state index contributed by atoms with van der Waals surface area (Å²) >= 11 is 0. The fourth-order valence-corrected chi connectivity index (χ4v) is 2.25. The summed E-state index contributed by atoms with van der Waals surface area (Å²) in [5.41, 5.74) is 5.78. The first kappa shape index (κ1) is 9.77. The summed E-state index contributed by atoms with van der Waals surface area (Å²) < 4.78 is 0. The summed E-state index contributed by atoms with van der Waals surface area (Å²) in [6.45, 7) is 3.46. The molecule has 2 fully saturated rings. The highest BCUT2D eigenvalue weighted by atomic mass is 16.2. The van der Waals surface area contributed by atoms with Crippen LogP contribution in [0.1, 0.15) is 25.7 Å². The highest BCUT2D eigenvalue weighted by Crippen LogP contribution is 2.14. The van der Waals surface area contributed by atoms with Gasteiger partial charge in [-0.1, -0.05) is 0 Å². The summed E-state index contributed by atoms with van der Waals surface area (Å²) in [5, 5.41) is 0. The molecule has 4 nitrogen and oxygen atoms in total. The van der Waals surface area contributed by atoms with Crippen LogP contribution in [0.2, 0.25) is 0 Å². The van der Waals surface area contributed by atoms with Gasteiger partial charge in [0.1, 0.15) is 0 Å². The summed E-state index contributed by atoms with van der Waals surface area (Å²) in [7, 11) is 0. The van der Waals surface area contributed by atoms with Gasteiger partial charge >= 0.3 is 6.03 Å². The lowest BCUT2D eigenvalue weighted by molar-refractivity contribution is 0.152. The lowest BCUT2D eigenvalue weighted by atomic mass is 10.1. The molecule has 2 aliphatic heterocycles. The first-order chi connectivity index (χ1) is 6.77. The van der Waals surface area contributed by atoms with Crippen molar-refractivity contribution in [2.75, 3.05) is 26.2 Å².